The average Bonchev–Trinajstić information content (AvgIpc) is 2.68. The molecule has 0 aliphatic carbocycles. The highest BCUT2D eigenvalue weighted by molar-refractivity contribution is 7.89. The van der Waals surface area contributed by atoms with Crippen LogP contribution in [0.4, 0.5) is 0 Å². The average molecular weight is 392 g/mol. The highest BCUT2D eigenvalue weighted by atomic mass is 32.2. The van der Waals surface area contributed by atoms with E-state index in [-0.39, 0.29) is 11.3 Å². The Bertz CT molecular complexity index is 823. The molecule has 1 unspecified atom stereocenters. The molecule has 0 saturated carbocycles. The third kappa shape index (κ3) is 6.35. The van der Waals surface area contributed by atoms with Crippen LogP contribution in [0.3, 0.4) is 0 Å². The van der Waals surface area contributed by atoms with E-state index in [1.54, 1.807) is 12.1 Å². The van der Waals surface area contributed by atoms with E-state index in [4.69, 9.17) is 9.47 Å². The van der Waals surface area contributed by atoms with Gasteiger partial charge in [0, 0.05) is 13.7 Å². The molecule has 27 heavy (non-hydrogen) atoms. The molecule has 7 nitrogen and oxygen atoms in total. The Morgan fingerprint density at radius 1 is 1.04 bits per heavy atom. The number of carbonyl (C=O) groups excluding carboxylic acids is 1. The van der Waals surface area contributed by atoms with Crippen molar-refractivity contribution in [3.63, 3.8) is 0 Å². The zero-order chi connectivity index (χ0) is 19.7. The number of benzene rings is 2. The Balaban J connectivity index is 2.19. The van der Waals surface area contributed by atoms with E-state index in [0.29, 0.717) is 18.9 Å². The minimum absolute atomic E-state index is 0.0612. The maximum absolute atomic E-state index is 12.7. The van der Waals surface area contributed by atoms with Gasteiger partial charge in [-0.15, -0.1) is 0 Å². The van der Waals surface area contributed by atoms with Crippen LogP contribution < -0.4 is 14.8 Å². The van der Waals surface area contributed by atoms with E-state index in [1.807, 2.05) is 30.3 Å². The zero-order valence-electron chi connectivity index (χ0n) is 15.3. The quantitative estimate of drug-likeness (QED) is 0.595. The molecule has 0 heterocycles. The van der Waals surface area contributed by atoms with Crippen LogP contribution in [0.5, 0.6) is 5.75 Å². The zero-order valence-corrected chi connectivity index (χ0v) is 16.2. The van der Waals surface area contributed by atoms with Gasteiger partial charge < -0.3 is 14.8 Å². The highest BCUT2D eigenvalue weighted by Gasteiger charge is 2.26. The third-order valence-corrected chi connectivity index (χ3v) is 5.36. The lowest BCUT2D eigenvalue weighted by atomic mass is 10.1. The van der Waals surface area contributed by atoms with Gasteiger partial charge in [-0.2, -0.15) is 4.72 Å². The van der Waals surface area contributed by atoms with Gasteiger partial charge in [-0.25, -0.2) is 8.42 Å². The summed E-state index contributed by atoms with van der Waals surface area (Å²) in [5.74, 6) is 0.139. The maximum Gasteiger partial charge on any atom is 0.241 e. The summed E-state index contributed by atoms with van der Waals surface area (Å²) in [4.78, 5) is 12.6. The first-order valence-electron chi connectivity index (χ1n) is 8.43. The summed E-state index contributed by atoms with van der Waals surface area (Å²) >= 11 is 0. The van der Waals surface area contributed by atoms with E-state index in [9.17, 15) is 13.2 Å². The second-order valence-electron chi connectivity index (χ2n) is 5.82. The molecule has 2 N–H and O–H groups in total. The molecule has 0 fully saturated rings. The van der Waals surface area contributed by atoms with Crippen LogP contribution in [-0.2, 0) is 26.0 Å². The first kappa shape index (κ1) is 20.9. The fourth-order valence-electron chi connectivity index (χ4n) is 2.45. The van der Waals surface area contributed by atoms with Crippen molar-refractivity contribution in [1.29, 1.82) is 0 Å². The van der Waals surface area contributed by atoms with Crippen LogP contribution in [0, 0.1) is 0 Å². The molecule has 146 valence electrons. The van der Waals surface area contributed by atoms with E-state index in [1.165, 1.54) is 26.4 Å². The lowest BCUT2D eigenvalue weighted by Gasteiger charge is -2.19. The molecule has 0 aliphatic heterocycles. The van der Waals surface area contributed by atoms with Crippen LogP contribution in [0.1, 0.15) is 5.56 Å². The topological polar surface area (TPSA) is 93.7 Å². The summed E-state index contributed by atoms with van der Waals surface area (Å²) in [6, 6.07) is 14.3. The minimum Gasteiger partial charge on any atom is -0.497 e. The minimum atomic E-state index is -3.88. The Hall–Kier alpha value is -2.42. The van der Waals surface area contributed by atoms with Crippen molar-refractivity contribution in [1.82, 2.24) is 10.0 Å². The lowest BCUT2D eigenvalue weighted by molar-refractivity contribution is -0.122. The second-order valence-corrected chi connectivity index (χ2v) is 7.54. The molecule has 1 atom stereocenters. The summed E-state index contributed by atoms with van der Waals surface area (Å²) in [5.41, 5.74) is 0.849. The Morgan fingerprint density at radius 2 is 1.70 bits per heavy atom. The van der Waals surface area contributed by atoms with Gasteiger partial charge >= 0.3 is 0 Å². The predicted octanol–water partition coefficient (Wildman–Crippen LogP) is 1.35. The summed E-state index contributed by atoms with van der Waals surface area (Å²) in [6.45, 7) is 0.639. The second kappa shape index (κ2) is 10.1. The number of amides is 1. The van der Waals surface area contributed by atoms with Gasteiger partial charge in [-0.1, -0.05) is 30.3 Å². The van der Waals surface area contributed by atoms with Crippen LogP contribution in [0.15, 0.2) is 59.5 Å². The van der Waals surface area contributed by atoms with Crippen molar-refractivity contribution in [2.75, 3.05) is 27.4 Å². The molecule has 0 saturated heterocycles. The van der Waals surface area contributed by atoms with Crippen LogP contribution in [-0.4, -0.2) is 47.7 Å². The number of methoxy groups -OCH3 is 2. The van der Waals surface area contributed by atoms with Gasteiger partial charge in [0.25, 0.3) is 0 Å². The number of rotatable bonds is 10. The van der Waals surface area contributed by atoms with Gasteiger partial charge in [0.2, 0.25) is 15.9 Å². The van der Waals surface area contributed by atoms with Gasteiger partial charge in [0.1, 0.15) is 11.8 Å². The summed E-state index contributed by atoms with van der Waals surface area (Å²) < 4.78 is 37.9. The third-order valence-electron chi connectivity index (χ3n) is 3.87. The van der Waals surface area contributed by atoms with E-state index >= 15 is 0 Å². The normalized spacial score (nSPS) is 12.4. The van der Waals surface area contributed by atoms with Crippen molar-refractivity contribution in [2.45, 2.75) is 17.4 Å². The van der Waals surface area contributed by atoms with E-state index in [0.717, 1.165) is 5.56 Å². The first-order chi connectivity index (χ1) is 13.0. The number of sulfonamides is 1. The van der Waals surface area contributed by atoms with Crippen LogP contribution in [0.2, 0.25) is 0 Å². The molecule has 1 amide bonds. The first-order valence-corrected chi connectivity index (χ1v) is 9.91. The van der Waals surface area contributed by atoms with Crippen molar-refractivity contribution >= 4 is 15.9 Å². The fraction of sp³-hybridized carbons (Fsp3) is 0.316. The number of nitrogens with one attached hydrogen (secondary N) is 2. The number of ether oxygens (including phenoxy) is 2. The Morgan fingerprint density at radius 3 is 2.30 bits per heavy atom. The molecule has 8 heteroatoms. The molecule has 0 aromatic heterocycles. The van der Waals surface area contributed by atoms with Crippen molar-refractivity contribution in [3.8, 4) is 5.75 Å². The molecule has 2 aromatic rings. The van der Waals surface area contributed by atoms with Gasteiger partial charge in [-0.05, 0) is 36.2 Å². The number of hydrogen-bond donors (Lipinski definition) is 2. The number of hydrogen-bond acceptors (Lipinski definition) is 5. The molecular weight excluding hydrogens is 368 g/mol. The lowest BCUT2D eigenvalue weighted by Crippen LogP contribution is -2.48. The molecule has 2 rings (SSSR count). The van der Waals surface area contributed by atoms with E-state index < -0.39 is 22.0 Å². The smallest absolute Gasteiger partial charge is 0.241 e. The summed E-state index contributed by atoms with van der Waals surface area (Å²) in [6.07, 6.45) is 0.231. The molecule has 0 bridgehead atoms. The van der Waals surface area contributed by atoms with Crippen LogP contribution in [0.25, 0.3) is 0 Å². The number of carbonyl (C=O) groups is 1. The monoisotopic (exact) mass is 392 g/mol. The maximum atomic E-state index is 12.7. The molecule has 0 aliphatic rings. The standard InChI is InChI=1S/C19H24N2O5S/c1-25-13-12-20-19(22)18(14-15-6-4-3-5-7-15)21-27(23,24)17-10-8-16(26-2)9-11-17/h3-11,18,21H,12-14H2,1-2H3,(H,20,22). The molecule has 2 aromatic carbocycles. The van der Waals surface area contributed by atoms with Gasteiger partial charge in [-0.3, -0.25) is 4.79 Å². The summed E-state index contributed by atoms with van der Waals surface area (Å²) in [7, 11) is -0.848. The molecule has 0 spiro atoms. The predicted molar refractivity (Wildman–Crippen MR) is 102 cm³/mol. The van der Waals surface area contributed by atoms with Crippen molar-refractivity contribution in [3.05, 3.63) is 60.2 Å². The Kier molecular flexibility index (Phi) is 7.78. The van der Waals surface area contributed by atoms with E-state index in [2.05, 4.69) is 10.0 Å². The molecular formula is C19H24N2O5S. The highest BCUT2D eigenvalue weighted by Crippen LogP contribution is 2.16. The SMILES string of the molecule is COCCNC(=O)C(Cc1ccccc1)NS(=O)(=O)c1ccc(OC)cc1. The van der Waals surface area contributed by atoms with Crippen molar-refractivity contribution < 1.29 is 22.7 Å². The largest absolute Gasteiger partial charge is 0.497 e. The Labute approximate surface area is 159 Å². The van der Waals surface area contributed by atoms with Gasteiger partial charge in [0.15, 0.2) is 0 Å². The van der Waals surface area contributed by atoms with Crippen molar-refractivity contribution in [2.24, 2.45) is 0 Å². The van der Waals surface area contributed by atoms with Gasteiger partial charge in [0.05, 0.1) is 18.6 Å². The fourth-order valence-corrected chi connectivity index (χ4v) is 3.64. The molecule has 0 radical (unpaired) electrons. The summed E-state index contributed by atoms with van der Waals surface area (Å²) in [5, 5.41) is 2.69. The van der Waals surface area contributed by atoms with Crippen LogP contribution >= 0.6 is 0 Å².